The highest BCUT2D eigenvalue weighted by Crippen LogP contribution is 2.21. The molecule has 0 aromatic carbocycles. The second-order valence-electron chi connectivity index (χ2n) is 2.29. The quantitative estimate of drug-likeness (QED) is 0.710. The van der Waals surface area contributed by atoms with Gasteiger partial charge in [-0.2, -0.15) is 5.26 Å². The number of pyridine rings is 1. The standard InChI is InChI=1S/C8H5F3N2/c9-3-5-1-2-6(8(10)11)7(4-12)13-5/h1-2,8H,3H2. The fourth-order valence-corrected chi connectivity index (χ4v) is 0.850. The minimum Gasteiger partial charge on any atom is -0.244 e. The molecule has 0 aliphatic carbocycles. The van der Waals surface area contributed by atoms with Crippen LogP contribution in [0.4, 0.5) is 13.2 Å². The Morgan fingerprint density at radius 3 is 2.62 bits per heavy atom. The van der Waals surface area contributed by atoms with Gasteiger partial charge in [0.25, 0.3) is 6.43 Å². The van der Waals surface area contributed by atoms with Gasteiger partial charge in [0, 0.05) is 0 Å². The molecular weight excluding hydrogens is 181 g/mol. The molecular formula is C8H5F3N2. The Morgan fingerprint density at radius 2 is 2.15 bits per heavy atom. The van der Waals surface area contributed by atoms with Crippen molar-refractivity contribution in [3.05, 3.63) is 29.1 Å². The third kappa shape index (κ3) is 1.96. The van der Waals surface area contributed by atoms with E-state index >= 15 is 0 Å². The molecule has 0 bridgehead atoms. The summed E-state index contributed by atoms with van der Waals surface area (Å²) >= 11 is 0. The van der Waals surface area contributed by atoms with E-state index in [-0.39, 0.29) is 5.69 Å². The van der Waals surface area contributed by atoms with E-state index in [1.165, 1.54) is 6.07 Å². The van der Waals surface area contributed by atoms with Crippen LogP contribution in [0.3, 0.4) is 0 Å². The molecule has 1 aromatic rings. The van der Waals surface area contributed by atoms with Gasteiger partial charge in [-0.15, -0.1) is 0 Å². The van der Waals surface area contributed by atoms with Gasteiger partial charge >= 0.3 is 0 Å². The number of nitriles is 1. The van der Waals surface area contributed by atoms with Crippen LogP contribution < -0.4 is 0 Å². The summed E-state index contributed by atoms with van der Waals surface area (Å²) in [5, 5.41) is 8.42. The van der Waals surface area contributed by atoms with Crippen LogP contribution in [0.15, 0.2) is 12.1 Å². The van der Waals surface area contributed by atoms with Crippen LogP contribution in [-0.4, -0.2) is 4.98 Å². The summed E-state index contributed by atoms with van der Waals surface area (Å²) in [6.07, 6.45) is -2.75. The first-order valence-electron chi connectivity index (χ1n) is 3.43. The van der Waals surface area contributed by atoms with Crippen LogP contribution in [-0.2, 0) is 6.67 Å². The van der Waals surface area contributed by atoms with Crippen LogP contribution in [0.2, 0.25) is 0 Å². The highest BCUT2D eigenvalue weighted by atomic mass is 19.3. The number of aromatic nitrogens is 1. The van der Waals surface area contributed by atoms with E-state index in [1.54, 1.807) is 0 Å². The fourth-order valence-electron chi connectivity index (χ4n) is 0.850. The van der Waals surface area contributed by atoms with E-state index in [0.717, 1.165) is 12.1 Å². The molecule has 0 saturated carbocycles. The van der Waals surface area contributed by atoms with E-state index in [4.69, 9.17) is 5.26 Å². The Labute approximate surface area is 72.6 Å². The van der Waals surface area contributed by atoms with Gasteiger partial charge in [0.15, 0.2) is 0 Å². The van der Waals surface area contributed by atoms with Crippen molar-refractivity contribution in [3.63, 3.8) is 0 Å². The molecule has 0 radical (unpaired) electrons. The van der Waals surface area contributed by atoms with Gasteiger partial charge < -0.3 is 0 Å². The lowest BCUT2D eigenvalue weighted by atomic mass is 10.2. The van der Waals surface area contributed by atoms with Crippen molar-refractivity contribution in [1.29, 1.82) is 5.26 Å². The van der Waals surface area contributed by atoms with E-state index in [1.807, 2.05) is 0 Å². The number of halogens is 3. The average Bonchev–Trinajstić information content (AvgIpc) is 2.16. The number of hydrogen-bond acceptors (Lipinski definition) is 2. The molecule has 1 rings (SSSR count). The summed E-state index contributed by atoms with van der Waals surface area (Å²) in [6, 6.07) is 3.65. The highest BCUT2D eigenvalue weighted by Gasteiger charge is 2.14. The summed E-state index contributed by atoms with van der Waals surface area (Å²) in [4.78, 5) is 3.41. The van der Waals surface area contributed by atoms with Crippen molar-refractivity contribution in [3.8, 4) is 6.07 Å². The SMILES string of the molecule is N#Cc1nc(CF)ccc1C(F)F. The van der Waals surface area contributed by atoms with Crippen LogP contribution in [0.5, 0.6) is 0 Å². The molecule has 13 heavy (non-hydrogen) atoms. The predicted octanol–water partition coefficient (Wildman–Crippen LogP) is 2.36. The summed E-state index contributed by atoms with van der Waals surface area (Å²) in [5.41, 5.74) is -0.884. The van der Waals surface area contributed by atoms with Gasteiger partial charge in [0.05, 0.1) is 11.3 Å². The molecule has 0 unspecified atom stereocenters. The highest BCUT2D eigenvalue weighted by molar-refractivity contribution is 5.33. The Hall–Kier alpha value is -1.57. The van der Waals surface area contributed by atoms with Crippen LogP contribution >= 0.6 is 0 Å². The minimum atomic E-state index is -2.75. The molecule has 0 aliphatic rings. The number of alkyl halides is 3. The van der Waals surface area contributed by atoms with Gasteiger partial charge in [-0.25, -0.2) is 18.2 Å². The smallest absolute Gasteiger partial charge is 0.244 e. The van der Waals surface area contributed by atoms with Crippen molar-refractivity contribution in [1.82, 2.24) is 4.98 Å². The van der Waals surface area contributed by atoms with E-state index < -0.39 is 24.4 Å². The van der Waals surface area contributed by atoms with Crippen LogP contribution in [0, 0.1) is 11.3 Å². The number of rotatable bonds is 2. The second kappa shape index (κ2) is 3.90. The zero-order valence-corrected chi connectivity index (χ0v) is 6.47. The topological polar surface area (TPSA) is 36.7 Å². The molecule has 5 heteroatoms. The van der Waals surface area contributed by atoms with Gasteiger partial charge in [0.2, 0.25) is 0 Å². The monoisotopic (exact) mass is 186 g/mol. The minimum absolute atomic E-state index is 0.0130. The third-order valence-corrected chi connectivity index (χ3v) is 1.46. The first-order valence-corrected chi connectivity index (χ1v) is 3.43. The molecule has 68 valence electrons. The molecule has 0 saturated heterocycles. The number of hydrogen-bond donors (Lipinski definition) is 0. The summed E-state index contributed by atoms with van der Waals surface area (Å²) < 4.78 is 36.3. The van der Waals surface area contributed by atoms with Gasteiger partial charge in [0.1, 0.15) is 18.4 Å². The van der Waals surface area contributed by atoms with Gasteiger partial charge in [-0.05, 0) is 12.1 Å². The predicted molar refractivity (Wildman–Crippen MR) is 38.7 cm³/mol. The maximum atomic E-state index is 12.2. The molecule has 0 N–H and O–H groups in total. The van der Waals surface area contributed by atoms with E-state index in [0.29, 0.717) is 0 Å². The lowest BCUT2D eigenvalue weighted by Gasteiger charge is -2.02. The molecule has 1 heterocycles. The van der Waals surface area contributed by atoms with Crippen molar-refractivity contribution in [2.45, 2.75) is 13.1 Å². The first kappa shape index (κ1) is 9.52. The summed E-state index contributed by atoms with van der Waals surface area (Å²) in [7, 11) is 0. The molecule has 0 amide bonds. The van der Waals surface area contributed by atoms with Gasteiger partial charge in [-0.1, -0.05) is 0 Å². The maximum Gasteiger partial charge on any atom is 0.266 e. The third-order valence-electron chi connectivity index (χ3n) is 1.46. The van der Waals surface area contributed by atoms with E-state index in [2.05, 4.69) is 4.98 Å². The van der Waals surface area contributed by atoms with Crippen LogP contribution in [0.1, 0.15) is 23.4 Å². The fraction of sp³-hybridized carbons (Fsp3) is 0.250. The Kier molecular flexibility index (Phi) is 2.85. The second-order valence-corrected chi connectivity index (χ2v) is 2.29. The number of nitrogens with zero attached hydrogens (tertiary/aromatic N) is 2. The van der Waals surface area contributed by atoms with Crippen LogP contribution in [0.25, 0.3) is 0 Å². The Balaban J connectivity index is 3.18. The average molecular weight is 186 g/mol. The van der Waals surface area contributed by atoms with Crippen molar-refractivity contribution in [2.24, 2.45) is 0 Å². The zero-order valence-electron chi connectivity index (χ0n) is 6.47. The zero-order chi connectivity index (χ0) is 9.84. The van der Waals surface area contributed by atoms with E-state index in [9.17, 15) is 13.2 Å². The van der Waals surface area contributed by atoms with Gasteiger partial charge in [-0.3, -0.25) is 0 Å². The summed E-state index contributed by atoms with van der Waals surface area (Å²) in [6.45, 7) is -0.863. The largest absolute Gasteiger partial charge is 0.266 e. The molecule has 0 aliphatic heterocycles. The summed E-state index contributed by atoms with van der Waals surface area (Å²) in [5.74, 6) is 0. The molecule has 2 nitrogen and oxygen atoms in total. The molecule has 0 fully saturated rings. The van der Waals surface area contributed by atoms with Crippen molar-refractivity contribution < 1.29 is 13.2 Å². The molecule has 0 spiro atoms. The first-order chi connectivity index (χ1) is 6.19. The Morgan fingerprint density at radius 1 is 1.46 bits per heavy atom. The lowest BCUT2D eigenvalue weighted by Crippen LogP contribution is -1.97. The Bertz CT molecular complexity index is 344. The molecule has 0 atom stereocenters. The lowest BCUT2D eigenvalue weighted by molar-refractivity contribution is 0.150. The normalized spacial score (nSPS) is 10.1. The van der Waals surface area contributed by atoms with Crippen molar-refractivity contribution >= 4 is 0 Å². The maximum absolute atomic E-state index is 12.2. The van der Waals surface area contributed by atoms with Crippen molar-refractivity contribution in [2.75, 3.05) is 0 Å². The molecule has 1 aromatic heterocycles.